The molecule has 0 aliphatic heterocycles. The van der Waals surface area contributed by atoms with Crippen molar-refractivity contribution in [2.45, 2.75) is 31.5 Å². The lowest BCUT2D eigenvalue weighted by molar-refractivity contribution is -0.147. The van der Waals surface area contributed by atoms with E-state index >= 15 is 0 Å². The van der Waals surface area contributed by atoms with Crippen molar-refractivity contribution >= 4 is 23.8 Å². The van der Waals surface area contributed by atoms with Crippen LogP contribution >= 0.6 is 0 Å². The fourth-order valence-electron chi connectivity index (χ4n) is 3.60. The number of nitrogens with two attached hydrogens (primary N) is 1. The van der Waals surface area contributed by atoms with Crippen LogP contribution in [-0.2, 0) is 55.9 Å². The number of carboxylic acids is 1. The first-order valence-electron chi connectivity index (χ1n) is 13.9. The largest absolute Gasteiger partial charge is 0.480 e. The molecular weight excluding hydrogens is 562 g/mol. The lowest BCUT2D eigenvalue weighted by atomic mass is 10.0. The predicted octanol–water partition coefficient (Wildman–Crippen LogP) is 0.442. The molecule has 0 saturated carbocycles. The lowest BCUT2D eigenvalue weighted by Gasteiger charge is -2.21. The monoisotopic (exact) mass is 603 g/mol. The van der Waals surface area contributed by atoms with Crippen LogP contribution in [0, 0.1) is 0 Å². The standard InChI is InChI=1S/C30H41N3O10/c31-25(20-28(36)43-21-24-9-5-2-6-10-24)29(37)33-26(19-23-7-3-1-4-8-23)30(38)32-11-12-39-13-14-40-15-16-41-17-18-42-22-27(34)35/h1-10,25-26H,11-22,31H2,(H,32,38)(H,33,37)(H,34,35)/t25-,26-/m0/s1. The normalized spacial score (nSPS) is 12.2. The number of hydrogen-bond donors (Lipinski definition) is 4. The number of ether oxygens (including phenoxy) is 5. The van der Waals surface area contributed by atoms with Crippen LogP contribution in [0.15, 0.2) is 60.7 Å². The quantitative estimate of drug-likeness (QED) is 0.102. The number of hydrogen-bond acceptors (Lipinski definition) is 10. The van der Waals surface area contributed by atoms with Crippen LogP contribution in [0.2, 0.25) is 0 Å². The lowest BCUT2D eigenvalue weighted by Crippen LogP contribution is -2.53. The van der Waals surface area contributed by atoms with Crippen molar-refractivity contribution in [1.82, 2.24) is 10.6 Å². The summed E-state index contributed by atoms with van der Waals surface area (Å²) in [5.74, 6) is -2.71. The summed E-state index contributed by atoms with van der Waals surface area (Å²) in [6.45, 7) is 1.90. The Kier molecular flexibility index (Phi) is 17.9. The molecule has 43 heavy (non-hydrogen) atoms. The molecule has 0 unspecified atom stereocenters. The maximum Gasteiger partial charge on any atom is 0.329 e. The first-order chi connectivity index (χ1) is 20.8. The van der Waals surface area contributed by atoms with Gasteiger partial charge in [-0.25, -0.2) is 4.79 Å². The van der Waals surface area contributed by atoms with E-state index in [1.54, 1.807) is 0 Å². The van der Waals surface area contributed by atoms with Crippen molar-refractivity contribution in [2.24, 2.45) is 5.73 Å². The number of carboxylic acid groups (broad SMARTS) is 1. The highest BCUT2D eigenvalue weighted by atomic mass is 16.6. The summed E-state index contributed by atoms with van der Waals surface area (Å²) in [4.78, 5) is 48.2. The molecule has 0 spiro atoms. The Morgan fingerprint density at radius 2 is 1.26 bits per heavy atom. The first-order valence-corrected chi connectivity index (χ1v) is 13.9. The summed E-state index contributed by atoms with van der Waals surface area (Å²) in [5, 5.41) is 13.9. The first kappa shape index (κ1) is 35.3. The average molecular weight is 604 g/mol. The summed E-state index contributed by atoms with van der Waals surface area (Å²) in [7, 11) is 0. The Morgan fingerprint density at radius 3 is 1.84 bits per heavy atom. The highest BCUT2D eigenvalue weighted by molar-refractivity contribution is 5.91. The van der Waals surface area contributed by atoms with Gasteiger partial charge in [-0.2, -0.15) is 0 Å². The van der Waals surface area contributed by atoms with Gasteiger partial charge in [-0.3, -0.25) is 14.4 Å². The molecule has 2 atom stereocenters. The van der Waals surface area contributed by atoms with E-state index in [-0.39, 0.29) is 52.4 Å². The van der Waals surface area contributed by atoms with Crippen LogP contribution in [-0.4, -0.2) is 100 Å². The zero-order chi connectivity index (χ0) is 31.1. The molecular formula is C30H41N3O10. The van der Waals surface area contributed by atoms with Gasteiger partial charge in [0.05, 0.1) is 58.7 Å². The highest BCUT2D eigenvalue weighted by Gasteiger charge is 2.25. The molecule has 2 aromatic rings. The molecule has 13 heteroatoms. The molecule has 0 aromatic heterocycles. The summed E-state index contributed by atoms with van der Waals surface area (Å²) in [6.07, 6.45) is -0.104. The van der Waals surface area contributed by atoms with E-state index in [0.29, 0.717) is 26.4 Å². The third-order valence-electron chi connectivity index (χ3n) is 5.77. The summed E-state index contributed by atoms with van der Waals surface area (Å²) in [6, 6.07) is 16.2. The number of esters is 1. The molecule has 0 heterocycles. The molecule has 2 aromatic carbocycles. The summed E-state index contributed by atoms with van der Waals surface area (Å²) < 4.78 is 26.1. The second-order valence-electron chi connectivity index (χ2n) is 9.28. The fourth-order valence-corrected chi connectivity index (χ4v) is 3.60. The number of rotatable bonds is 23. The third kappa shape index (κ3) is 17.0. The Morgan fingerprint density at radius 1 is 0.721 bits per heavy atom. The molecule has 0 aliphatic carbocycles. The number of aliphatic carboxylic acids is 1. The summed E-state index contributed by atoms with van der Waals surface area (Å²) in [5.41, 5.74) is 7.61. The predicted molar refractivity (Wildman–Crippen MR) is 155 cm³/mol. The van der Waals surface area contributed by atoms with Gasteiger partial charge in [0.25, 0.3) is 0 Å². The van der Waals surface area contributed by atoms with Crippen molar-refractivity contribution in [3.8, 4) is 0 Å². The van der Waals surface area contributed by atoms with Gasteiger partial charge in [-0.05, 0) is 11.1 Å². The average Bonchev–Trinajstić information content (AvgIpc) is 3.00. The van der Waals surface area contributed by atoms with E-state index in [2.05, 4.69) is 10.6 Å². The van der Waals surface area contributed by atoms with Crippen molar-refractivity contribution in [1.29, 1.82) is 0 Å². The van der Waals surface area contributed by atoms with Gasteiger partial charge in [-0.1, -0.05) is 60.7 Å². The van der Waals surface area contributed by atoms with Crippen LogP contribution in [0.4, 0.5) is 0 Å². The van der Waals surface area contributed by atoms with Crippen LogP contribution in [0.1, 0.15) is 17.5 Å². The van der Waals surface area contributed by atoms with E-state index in [1.807, 2.05) is 60.7 Å². The molecule has 0 radical (unpaired) electrons. The van der Waals surface area contributed by atoms with Gasteiger partial charge in [0.15, 0.2) is 0 Å². The van der Waals surface area contributed by atoms with Crippen molar-refractivity contribution in [3.05, 3.63) is 71.8 Å². The van der Waals surface area contributed by atoms with Crippen molar-refractivity contribution < 1.29 is 48.0 Å². The number of nitrogens with one attached hydrogen (secondary N) is 2. The topological polar surface area (TPSA) is 185 Å². The number of carbonyl (C=O) groups is 4. The van der Waals surface area contributed by atoms with Crippen LogP contribution < -0.4 is 16.4 Å². The smallest absolute Gasteiger partial charge is 0.329 e. The Balaban J connectivity index is 1.66. The Labute approximate surface area is 251 Å². The summed E-state index contributed by atoms with van der Waals surface area (Å²) >= 11 is 0. The van der Waals surface area contributed by atoms with Crippen LogP contribution in [0.3, 0.4) is 0 Å². The molecule has 0 fully saturated rings. The van der Waals surface area contributed by atoms with Gasteiger partial charge < -0.3 is 45.2 Å². The van der Waals surface area contributed by atoms with Gasteiger partial charge >= 0.3 is 11.9 Å². The number of amides is 2. The molecule has 236 valence electrons. The maximum absolute atomic E-state index is 12.9. The van der Waals surface area contributed by atoms with E-state index in [4.69, 9.17) is 34.5 Å². The van der Waals surface area contributed by atoms with Crippen LogP contribution in [0.25, 0.3) is 0 Å². The maximum atomic E-state index is 12.9. The molecule has 5 N–H and O–H groups in total. The molecule has 2 rings (SSSR count). The zero-order valence-corrected chi connectivity index (χ0v) is 24.1. The molecule has 0 bridgehead atoms. The van der Waals surface area contributed by atoms with E-state index in [9.17, 15) is 19.2 Å². The minimum absolute atomic E-state index is 0.0725. The fraction of sp³-hybridized carbons (Fsp3) is 0.467. The van der Waals surface area contributed by atoms with E-state index < -0.39 is 35.8 Å². The third-order valence-corrected chi connectivity index (χ3v) is 5.77. The molecule has 13 nitrogen and oxygen atoms in total. The van der Waals surface area contributed by atoms with Gasteiger partial charge in [0.1, 0.15) is 19.3 Å². The minimum Gasteiger partial charge on any atom is -0.480 e. The van der Waals surface area contributed by atoms with E-state index in [0.717, 1.165) is 11.1 Å². The Hall–Kier alpha value is -3.88. The molecule has 0 aliphatic rings. The Bertz CT molecular complexity index is 1090. The van der Waals surface area contributed by atoms with E-state index in [1.165, 1.54) is 0 Å². The SMILES string of the molecule is N[C@@H](CC(=O)OCc1ccccc1)C(=O)N[C@@H](Cc1ccccc1)C(=O)NCCOCCOCCOCCOCC(=O)O. The number of carbonyl (C=O) groups excluding carboxylic acids is 3. The zero-order valence-electron chi connectivity index (χ0n) is 24.1. The second kappa shape index (κ2) is 21.8. The molecule has 0 saturated heterocycles. The van der Waals surface area contributed by atoms with Gasteiger partial charge in [0.2, 0.25) is 11.8 Å². The highest BCUT2D eigenvalue weighted by Crippen LogP contribution is 2.06. The van der Waals surface area contributed by atoms with Gasteiger partial charge in [0, 0.05) is 13.0 Å². The molecule has 2 amide bonds. The van der Waals surface area contributed by atoms with Gasteiger partial charge in [-0.15, -0.1) is 0 Å². The minimum atomic E-state index is -1.19. The number of benzene rings is 2. The van der Waals surface area contributed by atoms with Crippen molar-refractivity contribution in [2.75, 3.05) is 59.4 Å². The van der Waals surface area contributed by atoms with Crippen molar-refractivity contribution in [3.63, 3.8) is 0 Å². The second-order valence-corrected chi connectivity index (χ2v) is 9.28. The van der Waals surface area contributed by atoms with Crippen LogP contribution in [0.5, 0.6) is 0 Å².